The molecule has 0 amide bonds. The second kappa shape index (κ2) is 3.52. The van der Waals surface area contributed by atoms with E-state index in [1.165, 1.54) is 14.5 Å². The van der Waals surface area contributed by atoms with Crippen LogP contribution in [0.1, 0.15) is 0 Å². The van der Waals surface area contributed by atoms with Gasteiger partial charge in [0.25, 0.3) is 0 Å². The Morgan fingerprint density at radius 3 is 2.09 bits per heavy atom. The minimum Gasteiger partial charge on any atom is -0.498 e. The Labute approximate surface area is 82.5 Å². The Morgan fingerprint density at radius 1 is 1.27 bits per heavy atom. The van der Waals surface area contributed by atoms with E-state index in [0.29, 0.717) is 0 Å². The first-order valence-electron chi connectivity index (χ1n) is 3.46. The van der Waals surface area contributed by atoms with Gasteiger partial charge in [0.2, 0.25) is 0 Å². The molecule has 56 valence electrons. The molecule has 0 bridgehead atoms. The third-order valence-corrected chi connectivity index (χ3v) is 2.25. The zero-order chi connectivity index (χ0) is 8.43. The molecule has 0 heterocycles. The van der Waals surface area contributed by atoms with Gasteiger partial charge in [-0.25, -0.2) is 0 Å². The predicted octanol–water partition coefficient (Wildman–Crippen LogP) is -1.18. The van der Waals surface area contributed by atoms with E-state index in [-0.39, 0.29) is 0 Å². The number of rotatable bonds is 1. The van der Waals surface area contributed by atoms with Gasteiger partial charge in [0, 0.05) is 3.57 Å². The highest BCUT2D eigenvalue weighted by molar-refractivity contribution is 14.1. The topological polar surface area (TPSA) is 9.23 Å². The van der Waals surface area contributed by atoms with E-state index < -0.39 is 0 Å². The van der Waals surface area contributed by atoms with Crippen LogP contribution >= 0.6 is 22.6 Å². The standard InChI is InChI=1S/C7H9B2IO/c1-11-7-5(8)2-4(10)3-6(7)9/h2-3H,8-9H2,1H3. The molecule has 1 aromatic carbocycles. The third kappa shape index (κ3) is 1.92. The van der Waals surface area contributed by atoms with E-state index in [2.05, 4.69) is 50.4 Å². The van der Waals surface area contributed by atoms with Crippen LogP contribution < -0.4 is 15.7 Å². The fourth-order valence-corrected chi connectivity index (χ4v) is 2.15. The highest BCUT2D eigenvalue weighted by Crippen LogP contribution is 2.06. The minimum absolute atomic E-state index is 1.01. The van der Waals surface area contributed by atoms with Crippen molar-refractivity contribution in [3.8, 4) is 5.75 Å². The van der Waals surface area contributed by atoms with Gasteiger partial charge in [0.05, 0.1) is 7.11 Å². The van der Waals surface area contributed by atoms with Crippen LogP contribution in [0.25, 0.3) is 0 Å². The van der Waals surface area contributed by atoms with E-state index in [4.69, 9.17) is 4.74 Å². The Bertz CT molecular complexity index is 252. The predicted molar refractivity (Wildman–Crippen MR) is 62.1 cm³/mol. The summed E-state index contributed by atoms with van der Waals surface area (Å²) in [5.74, 6) is 1.01. The molecule has 0 saturated heterocycles. The average Bonchev–Trinajstić information content (AvgIpc) is 1.85. The van der Waals surface area contributed by atoms with Gasteiger partial charge in [0.1, 0.15) is 21.4 Å². The van der Waals surface area contributed by atoms with E-state index in [1.807, 2.05) is 0 Å². The molecule has 11 heavy (non-hydrogen) atoms. The Kier molecular flexibility index (Phi) is 2.87. The molecule has 0 aliphatic carbocycles. The molecule has 1 nitrogen and oxygen atoms in total. The molecule has 0 aliphatic rings. The lowest BCUT2D eigenvalue weighted by Crippen LogP contribution is -2.19. The van der Waals surface area contributed by atoms with Gasteiger partial charge in [-0.15, -0.1) is 0 Å². The van der Waals surface area contributed by atoms with Gasteiger partial charge in [0.15, 0.2) is 0 Å². The molecule has 0 spiro atoms. The molecule has 4 heteroatoms. The van der Waals surface area contributed by atoms with Crippen molar-refractivity contribution in [3.05, 3.63) is 15.7 Å². The summed E-state index contributed by atoms with van der Waals surface area (Å²) < 4.78 is 6.49. The summed E-state index contributed by atoms with van der Waals surface area (Å²) in [7, 11) is 5.84. The van der Waals surface area contributed by atoms with Gasteiger partial charge in [-0.2, -0.15) is 0 Å². The van der Waals surface area contributed by atoms with Crippen molar-refractivity contribution in [2.24, 2.45) is 0 Å². The summed E-state index contributed by atoms with van der Waals surface area (Å²) in [4.78, 5) is 0. The lowest BCUT2D eigenvalue weighted by Gasteiger charge is -2.08. The van der Waals surface area contributed by atoms with Gasteiger partial charge in [-0.1, -0.05) is 12.1 Å². The minimum atomic E-state index is 1.01. The van der Waals surface area contributed by atoms with Crippen LogP contribution in [0.5, 0.6) is 5.75 Å². The van der Waals surface area contributed by atoms with E-state index >= 15 is 0 Å². The maximum Gasteiger partial charge on any atom is 0.144 e. The van der Waals surface area contributed by atoms with Crippen LogP contribution in [-0.4, -0.2) is 22.8 Å². The second-order valence-electron chi connectivity index (χ2n) is 2.57. The normalized spacial score (nSPS) is 9.64. The highest BCUT2D eigenvalue weighted by atomic mass is 127. The Morgan fingerprint density at radius 2 is 1.73 bits per heavy atom. The molecule has 0 aromatic heterocycles. The number of halogens is 1. The molecule has 1 aromatic rings. The van der Waals surface area contributed by atoms with Gasteiger partial charge in [-0.3, -0.25) is 0 Å². The highest BCUT2D eigenvalue weighted by Gasteiger charge is 2.01. The van der Waals surface area contributed by atoms with Crippen molar-refractivity contribution in [2.75, 3.05) is 7.11 Å². The number of hydrogen-bond acceptors (Lipinski definition) is 1. The van der Waals surface area contributed by atoms with Crippen molar-refractivity contribution in [1.29, 1.82) is 0 Å². The first-order valence-corrected chi connectivity index (χ1v) is 4.53. The maximum atomic E-state index is 5.23. The number of hydrogen-bond donors (Lipinski definition) is 0. The third-order valence-electron chi connectivity index (χ3n) is 1.63. The summed E-state index contributed by atoms with van der Waals surface area (Å²) >= 11 is 2.31. The molecule has 0 saturated carbocycles. The van der Waals surface area contributed by atoms with Gasteiger partial charge in [-0.05, 0) is 33.5 Å². The summed E-state index contributed by atoms with van der Waals surface area (Å²) in [6.45, 7) is 0. The van der Waals surface area contributed by atoms with Crippen molar-refractivity contribution in [2.45, 2.75) is 0 Å². The molecule has 0 aliphatic heterocycles. The van der Waals surface area contributed by atoms with Crippen LogP contribution in [-0.2, 0) is 0 Å². The first-order chi connectivity index (χ1) is 5.15. The van der Waals surface area contributed by atoms with Gasteiger partial charge >= 0.3 is 0 Å². The largest absolute Gasteiger partial charge is 0.498 e. The van der Waals surface area contributed by atoms with Crippen LogP contribution in [0.4, 0.5) is 0 Å². The summed E-state index contributed by atoms with van der Waals surface area (Å²) in [6, 6.07) is 4.23. The molecule has 1 rings (SSSR count). The fraction of sp³-hybridized carbons (Fsp3) is 0.143. The Balaban J connectivity index is 3.25. The molecular formula is C7H9B2IO. The molecular weight excluding hydrogens is 249 g/mol. The van der Waals surface area contributed by atoms with E-state index in [9.17, 15) is 0 Å². The van der Waals surface area contributed by atoms with Crippen molar-refractivity contribution in [3.63, 3.8) is 0 Å². The van der Waals surface area contributed by atoms with Crippen molar-refractivity contribution in [1.82, 2.24) is 0 Å². The molecule has 0 unspecified atom stereocenters. The monoisotopic (exact) mass is 258 g/mol. The average molecular weight is 258 g/mol. The van der Waals surface area contributed by atoms with Crippen molar-refractivity contribution < 1.29 is 4.74 Å². The number of methoxy groups -OCH3 is 1. The summed E-state index contributed by atoms with van der Waals surface area (Å²) in [5.41, 5.74) is 2.41. The SMILES string of the molecule is Bc1cc(I)cc(B)c1OC. The number of ether oxygens (including phenoxy) is 1. The first kappa shape index (κ1) is 8.97. The smallest absolute Gasteiger partial charge is 0.144 e. The van der Waals surface area contributed by atoms with E-state index in [1.54, 1.807) is 7.11 Å². The van der Waals surface area contributed by atoms with Crippen LogP contribution in [0.15, 0.2) is 12.1 Å². The van der Waals surface area contributed by atoms with E-state index in [0.717, 1.165) is 5.75 Å². The van der Waals surface area contributed by atoms with Gasteiger partial charge < -0.3 is 4.74 Å². The summed E-state index contributed by atoms with van der Waals surface area (Å²) in [5, 5.41) is 0. The maximum absolute atomic E-state index is 5.23. The van der Waals surface area contributed by atoms with Crippen molar-refractivity contribution >= 4 is 49.2 Å². The Hall–Kier alpha value is -0.120. The zero-order valence-electron chi connectivity index (χ0n) is 6.94. The fourth-order valence-electron chi connectivity index (χ4n) is 1.22. The molecule has 0 atom stereocenters. The zero-order valence-corrected chi connectivity index (χ0v) is 9.10. The van der Waals surface area contributed by atoms with Crippen LogP contribution in [0, 0.1) is 3.57 Å². The van der Waals surface area contributed by atoms with Crippen LogP contribution in [0.3, 0.4) is 0 Å². The lowest BCUT2D eigenvalue weighted by atomic mass is 9.86. The van der Waals surface area contributed by atoms with Crippen LogP contribution in [0.2, 0.25) is 0 Å². The lowest BCUT2D eigenvalue weighted by molar-refractivity contribution is 0.421. The second-order valence-corrected chi connectivity index (χ2v) is 3.82. The number of benzene rings is 1. The molecule has 0 radical (unpaired) electrons. The quantitative estimate of drug-likeness (QED) is 0.455. The molecule has 0 N–H and O–H groups in total. The molecule has 0 fully saturated rings. The summed E-state index contributed by atoms with van der Waals surface area (Å²) in [6.07, 6.45) is 0.